The first-order chi connectivity index (χ1) is 6.37. The monoisotopic (exact) mass is 256 g/mol. The maximum Gasteiger partial charge on any atom is 0.147 e. The Morgan fingerprint density at radius 1 is 1.43 bits per heavy atom. The number of benzene rings is 1. The minimum atomic E-state index is -1.65. The van der Waals surface area contributed by atoms with Gasteiger partial charge in [0, 0.05) is 5.56 Å². The quantitative estimate of drug-likeness (QED) is 0.804. The van der Waals surface area contributed by atoms with Gasteiger partial charge in [-0.15, -0.1) is 23.2 Å². The molecule has 0 spiro atoms. The van der Waals surface area contributed by atoms with Crippen molar-refractivity contribution in [2.45, 2.75) is 17.4 Å². The van der Waals surface area contributed by atoms with Crippen molar-refractivity contribution in [3.8, 4) is 0 Å². The van der Waals surface area contributed by atoms with Gasteiger partial charge in [0.05, 0.1) is 5.02 Å². The Morgan fingerprint density at radius 3 is 2.50 bits per heavy atom. The van der Waals surface area contributed by atoms with Crippen LogP contribution < -0.4 is 0 Å². The van der Waals surface area contributed by atoms with Gasteiger partial charge in [-0.05, 0) is 13.0 Å². The molecule has 1 aromatic carbocycles. The first-order valence-corrected chi connectivity index (χ1v) is 5.07. The molecule has 0 bridgehead atoms. The van der Waals surface area contributed by atoms with E-state index >= 15 is 0 Å². The highest BCUT2D eigenvalue weighted by molar-refractivity contribution is 6.45. The zero-order valence-corrected chi connectivity index (χ0v) is 9.54. The molecular weight excluding hydrogens is 249 g/mol. The normalized spacial score (nSPS) is 15.6. The number of hydrogen-bond acceptors (Lipinski definition) is 1. The molecule has 0 saturated heterocycles. The fourth-order valence-corrected chi connectivity index (χ4v) is 1.42. The lowest BCUT2D eigenvalue weighted by Gasteiger charge is -2.25. The lowest BCUT2D eigenvalue weighted by atomic mass is 9.97. The Kier molecular flexibility index (Phi) is 3.64. The number of halogens is 4. The predicted molar refractivity (Wildman–Crippen MR) is 56.5 cm³/mol. The summed E-state index contributed by atoms with van der Waals surface area (Å²) in [5.74, 6) is -0.703. The molecule has 1 nitrogen and oxygen atoms in total. The van der Waals surface area contributed by atoms with Crippen molar-refractivity contribution in [1.82, 2.24) is 0 Å². The van der Waals surface area contributed by atoms with Gasteiger partial charge in [-0.2, -0.15) is 0 Å². The van der Waals surface area contributed by atoms with Crippen LogP contribution in [0, 0.1) is 5.82 Å². The Balaban J connectivity index is 3.26. The van der Waals surface area contributed by atoms with Gasteiger partial charge in [0.1, 0.15) is 16.3 Å². The van der Waals surface area contributed by atoms with Gasteiger partial charge >= 0.3 is 0 Å². The first-order valence-electron chi connectivity index (χ1n) is 3.82. The minimum absolute atomic E-state index is 0.0139. The van der Waals surface area contributed by atoms with Gasteiger partial charge in [0.15, 0.2) is 0 Å². The molecule has 1 N–H and O–H groups in total. The highest BCUT2D eigenvalue weighted by Gasteiger charge is 2.34. The summed E-state index contributed by atoms with van der Waals surface area (Å²) in [4.78, 5) is -1.13. The second kappa shape index (κ2) is 4.23. The highest BCUT2D eigenvalue weighted by Crippen LogP contribution is 2.34. The second-order valence-electron chi connectivity index (χ2n) is 3.05. The molecule has 0 aromatic heterocycles. The molecule has 78 valence electrons. The van der Waals surface area contributed by atoms with Crippen LogP contribution in [0.4, 0.5) is 4.39 Å². The van der Waals surface area contributed by atoms with Crippen LogP contribution in [-0.2, 0) is 5.60 Å². The van der Waals surface area contributed by atoms with E-state index in [1.165, 1.54) is 25.1 Å². The Bertz CT molecular complexity index is 339. The Labute approximate surface area is 96.4 Å². The van der Waals surface area contributed by atoms with Crippen LogP contribution in [0.25, 0.3) is 0 Å². The summed E-state index contributed by atoms with van der Waals surface area (Å²) >= 11 is 16.6. The molecule has 1 atom stereocenters. The summed E-state index contributed by atoms with van der Waals surface area (Å²) in [6.07, 6.45) is 0. The molecule has 0 aliphatic rings. The van der Waals surface area contributed by atoms with Crippen molar-refractivity contribution >= 4 is 34.8 Å². The van der Waals surface area contributed by atoms with Crippen LogP contribution in [0.5, 0.6) is 0 Å². The summed E-state index contributed by atoms with van der Waals surface area (Å²) in [6.45, 7) is 1.33. The lowest BCUT2D eigenvalue weighted by Crippen LogP contribution is -2.30. The number of rotatable bonds is 2. The number of alkyl halides is 2. The number of aliphatic hydroxyl groups is 1. The lowest BCUT2D eigenvalue weighted by molar-refractivity contribution is 0.0681. The molecule has 0 amide bonds. The van der Waals surface area contributed by atoms with Crippen molar-refractivity contribution in [3.05, 3.63) is 34.6 Å². The van der Waals surface area contributed by atoms with E-state index in [0.29, 0.717) is 0 Å². The fraction of sp³-hybridized carbons (Fsp3) is 0.333. The molecule has 0 saturated carbocycles. The molecule has 1 unspecified atom stereocenters. The van der Waals surface area contributed by atoms with E-state index in [4.69, 9.17) is 34.8 Å². The summed E-state index contributed by atoms with van der Waals surface area (Å²) in [7, 11) is 0. The third-order valence-electron chi connectivity index (χ3n) is 1.92. The molecule has 14 heavy (non-hydrogen) atoms. The van der Waals surface area contributed by atoms with Crippen molar-refractivity contribution in [1.29, 1.82) is 0 Å². The van der Waals surface area contributed by atoms with Gasteiger partial charge in [0.25, 0.3) is 0 Å². The summed E-state index contributed by atoms with van der Waals surface area (Å²) in [6, 6.07) is 4.29. The highest BCUT2D eigenvalue weighted by atomic mass is 35.5. The molecular formula is C9H8Cl3FO. The number of hydrogen-bond donors (Lipinski definition) is 1. The van der Waals surface area contributed by atoms with Crippen LogP contribution in [0.1, 0.15) is 12.5 Å². The summed E-state index contributed by atoms with van der Waals surface area (Å²) in [5.41, 5.74) is -1.67. The van der Waals surface area contributed by atoms with Crippen LogP contribution in [0.3, 0.4) is 0 Å². The van der Waals surface area contributed by atoms with E-state index in [2.05, 4.69) is 0 Å². The SMILES string of the molecule is CC(O)(c1cccc(Cl)c1F)C(Cl)Cl. The van der Waals surface area contributed by atoms with E-state index in [-0.39, 0.29) is 10.6 Å². The third-order valence-corrected chi connectivity index (χ3v) is 3.06. The van der Waals surface area contributed by atoms with E-state index in [9.17, 15) is 9.50 Å². The van der Waals surface area contributed by atoms with Crippen LogP contribution in [0.15, 0.2) is 18.2 Å². The molecule has 5 heteroatoms. The first kappa shape index (κ1) is 12.1. The Morgan fingerprint density at radius 2 is 2.00 bits per heavy atom. The minimum Gasteiger partial charge on any atom is -0.382 e. The van der Waals surface area contributed by atoms with Crippen LogP contribution in [0.2, 0.25) is 5.02 Å². The third kappa shape index (κ3) is 2.14. The van der Waals surface area contributed by atoms with E-state index in [1.807, 2.05) is 0 Å². The zero-order valence-electron chi connectivity index (χ0n) is 7.27. The predicted octanol–water partition coefficient (Wildman–Crippen LogP) is 3.49. The molecule has 1 aromatic rings. The molecule has 1 rings (SSSR count). The molecule has 0 radical (unpaired) electrons. The van der Waals surface area contributed by atoms with Gasteiger partial charge < -0.3 is 5.11 Å². The van der Waals surface area contributed by atoms with E-state index in [0.717, 1.165) is 0 Å². The zero-order chi connectivity index (χ0) is 10.9. The molecule has 0 heterocycles. The average Bonchev–Trinajstić information content (AvgIpc) is 2.09. The fourth-order valence-electron chi connectivity index (χ4n) is 1.01. The van der Waals surface area contributed by atoms with Gasteiger partial charge in [-0.3, -0.25) is 0 Å². The average molecular weight is 258 g/mol. The van der Waals surface area contributed by atoms with E-state index < -0.39 is 16.3 Å². The van der Waals surface area contributed by atoms with Gasteiger partial charge in [-0.1, -0.05) is 23.7 Å². The summed E-state index contributed by atoms with van der Waals surface area (Å²) < 4.78 is 13.4. The van der Waals surface area contributed by atoms with Crippen LogP contribution in [-0.4, -0.2) is 9.94 Å². The maximum atomic E-state index is 13.4. The van der Waals surface area contributed by atoms with Gasteiger partial charge in [0.2, 0.25) is 0 Å². The van der Waals surface area contributed by atoms with Crippen molar-refractivity contribution in [3.63, 3.8) is 0 Å². The van der Waals surface area contributed by atoms with E-state index in [1.54, 1.807) is 0 Å². The molecule has 0 fully saturated rings. The van der Waals surface area contributed by atoms with Crippen molar-refractivity contribution < 1.29 is 9.50 Å². The second-order valence-corrected chi connectivity index (χ2v) is 4.55. The molecule has 0 aliphatic heterocycles. The van der Waals surface area contributed by atoms with Crippen molar-refractivity contribution in [2.24, 2.45) is 0 Å². The Hall–Kier alpha value is -0.0200. The maximum absolute atomic E-state index is 13.4. The topological polar surface area (TPSA) is 20.2 Å². The molecule has 0 aliphatic carbocycles. The van der Waals surface area contributed by atoms with Crippen LogP contribution >= 0.6 is 34.8 Å². The van der Waals surface area contributed by atoms with Crippen molar-refractivity contribution in [2.75, 3.05) is 0 Å². The van der Waals surface area contributed by atoms with Gasteiger partial charge in [-0.25, -0.2) is 4.39 Å². The standard InChI is InChI=1S/C9H8Cl3FO/c1-9(14,8(11)12)5-3-2-4-6(10)7(5)13/h2-4,8,14H,1H3. The smallest absolute Gasteiger partial charge is 0.147 e. The largest absolute Gasteiger partial charge is 0.382 e. The summed E-state index contributed by atoms with van der Waals surface area (Å²) in [5, 5.41) is 9.73.